The second-order valence-corrected chi connectivity index (χ2v) is 3.54. The Morgan fingerprint density at radius 2 is 2.00 bits per heavy atom. The highest BCUT2D eigenvalue weighted by atomic mass is 15.3. The van der Waals surface area contributed by atoms with Gasteiger partial charge in [-0.15, -0.1) is 0 Å². The predicted octanol–water partition coefficient (Wildman–Crippen LogP) is 2.69. The zero-order valence-electron chi connectivity index (χ0n) is 9.35. The molecule has 0 bridgehead atoms. The van der Waals surface area contributed by atoms with Gasteiger partial charge in [-0.3, -0.25) is 4.68 Å². The van der Waals surface area contributed by atoms with Gasteiger partial charge in [-0.2, -0.15) is 5.10 Å². The summed E-state index contributed by atoms with van der Waals surface area (Å²) in [5.74, 6) is 6.03. The maximum atomic E-state index is 4.39. The van der Waals surface area contributed by atoms with E-state index >= 15 is 0 Å². The lowest BCUT2D eigenvalue weighted by molar-refractivity contribution is 0.684. The third-order valence-electron chi connectivity index (χ3n) is 2.22. The highest BCUT2D eigenvalue weighted by molar-refractivity contribution is 5.26. The fraction of sp³-hybridized carbons (Fsp3) is 0.214. The molecule has 2 heteroatoms. The number of hydrogen-bond acceptors (Lipinski definition) is 1. The minimum Gasteiger partial charge on any atom is -0.267 e. The number of nitrogens with zero attached hydrogens (tertiary/aromatic N) is 2. The quantitative estimate of drug-likeness (QED) is 0.697. The molecule has 0 fully saturated rings. The second-order valence-electron chi connectivity index (χ2n) is 3.54. The van der Waals surface area contributed by atoms with Crippen LogP contribution in [0.25, 0.3) is 0 Å². The van der Waals surface area contributed by atoms with E-state index in [0.717, 1.165) is 18.7 Å². The lowest BCUT2D eigenvalue weighted by atomic mass is 10.2. The molecule has 0 saturated heterocycles. The lowest BCUT2D eigenvalue weighted by Gasteiger charge is -2.00. The van der Waals surface area contributed by atoms with Gasteiger partial charge < -0.3 is 0 Å². The van der Waals surface area contributed by atoms with E-state index in [0.29, 0.717) is 0 Å². The fourth-order valence-corrected chi connectivity index (χ4v) is 1.47. The topological polar surface area (TPSA) is 17.8 Å². The zero-order valence-corrected chi connectivity index (χ0v) is 9.35. The molecule has 0 unspecified atom stereocenters. The van der Waals surface area contributed by atoms with Crippen LogP contribution in [0.1, 0.15) is 24.6 Å². The van der Waals surface area contributed by atoms with Crippen molar-refractivity contribution in [3.63, 3.8) is 0 Å². The van der Waals surface area contributed by atoms with E-state index in [1.807, 2.05) is 42.1 Å². The van der Waals surface area contributed by atoms with Gasteiger partial charge in [0.15, 0.2) is 0 Å². The lowest BCUT2D eigenvalue weighted by Crippen LogP contribution is -2.00. The van der Waals surface area contributed by atoms with E-state index in [2.05, 4.69) is 29.1 Å². The van der Waals surface area contributed by atoms with Crippen molar-refractivity contribution in [3.8, 4) is 11.8 Å². The van der Waals surface area contributed by atoms with Crippen LogP contribution < -0.4 is 0 Å². The molecular formula is C14H14N2. The predicted molar refractivity (Wildman–Crippen MR) is 64.9 cm³/mol. The zero-order chi connectivity index (χ0) is 11.2. The minimum absolute atomic E-state index is 0.800. The molecule has 80 valence electrons. The standard InChI is InChI=1S/C14H14N2/c1-2-3-9-14-10-11-16(15-14)12-13-7-5-4-6-8-13/h4-8,10-11H,2,12H2,1H3. The Bertz CT molecular complexity index is 500. The third kappa shape index (κ3) is 2.74. The molecule has 0 aliphatic rings. The van der Waals surface area contributed by atoms with E-state index in [1.54, 1.807) is 0 Å². The van der Waals surface area contributed by atoms with Crippen LogP contribution in [0.5, 0.6) is 0 Å². The van der Waals surface area contributed by atoms with E-state index in [1.165, 1.54) is 5.56 Å². The largest absolute Gasteiger partial charge is 0.267 e. The summed E-state index contributed by atoms with van der Waals surface area (Å²) in [6, 6.07) is 12.2. The molecule has 1 aromatic carbocycles. The summed E-state index contributed by atoms with van der Waals surface area (Å²) >= 11 is 0. The summed E-state index contributed by atoms with van der Waals surface area (Å²) < 4.78 is 1.91. The Kier molecular flexibility index (Phi) is 3.40. The van der Waals surface area contributed by atoms with Crippen LogP contribution in [0.15, 0.2) is 42.6 Å². The van der Waals surface area contributed by atoms with E-state index in [-0.39, 0.29) is 0 Å². The van der Waals surface area contributed by atoms with Gasteiger partial charge in [-0.25, -0.2) is 0 Å². The Labute approximate surface area is 95.9 Å². The minimum atomic E-state index is 0.800. The Balaban J connectivity index is 2.09. The van der Waals surface area contributed by atoms with E-state index in [4.69, 9.17) is 0 Å². The SMILES string of the molecule is CCC#Cc1ccn(Cc2ccccc2)n1. The molecule has 0 N–H and O–H groups in total. The van der Waals surface area contributed by atoms with Crippen LogP contribution in [-0.4, -0.2) is 9.78 Å². The van der Waals surface area contributed by atoms with Gasteiger partial charge in [0, 0.05) is 12.6 Å². The first-order valence-electron chi connectivity index (χ1n) is 5.44. The number of rotatable bonds is 2. The van der Waals surface area contributed by atoms with E-state index < -0.39 is 0 Å². The van der Waals surface area contributed by atoms with E-state index in [9.17, 15) is 0 Å². The van der Waals surface area contributed by atoms with Gasteiger partial charge >= 0.3 is 0 Å². The van der Waals surface area contributed by atoms with Crippen molar-refractivity contribution in [2.24, 2.45) is 0 Å². The number of benzene rings is 1. The molecule has 0 amide bonds. The number of hydrogen-bond donors (Lipinski definition) is 0. The number of aromatic nitrogens is 2. The summed E-state index contributed by atoms with van der Waals surface area (Å²) in [7, 11) is 0. The molecule has 0 atom stereocenters. The average Bonchev–Trinajstić information content (AvgIpc) is 2.75. The van der Waals surface area contributed by atoms with Crippen LogP contribution in [0.2, 0.25) is 0 Å². The molecule has 2 aromatic rings. The van der Waals surface area contributed by atoms with Crippen LogP contribution in [0.4, 0.5) is 0 Å². The monoisotopic (exact) mass is 210 g/mol. The molecule has 0 saturated carbocycles. The average molecular weight is 210 g/mol. The highest BCUT2D eigenvalue weighted by Crippen LogP contribution is 2.02. The van der Waals surface area contributed by atoms with Crippen molar-refractivity contribution >= 4 is 0 Å². The molecule has 0 radical (unpaired) electrons. The van der Waals surface area contributed by atoms with Gasteiger partial charge in [0.1, 0.15) is 5.69 Å². The molecule has 0 spiro atoms. The summed E-state index contributed by atoms with van der Waals surface area (Å²) in [4.78, 5) is 0. The van der Waals surface area contributed by atoms with Crippen molar-refractivity contribution in [1.82, 2.24) is 9.78 Å². The first-order valence-corrected chi connectivity index (χ1v) is 5.44. The second kappa shape index (κ2) is 5.18. The van der Waals surface area contributed by atoms with Gasteiger partial charge in [-0.05, 0) is 17.6 Å². The van der Waals surface area contributed by atoms with Crippen molar-refractivity contribution < 1.29 is 0 Å². The molecule has 1 aromatic heterocycles. The maximum absolute atomic E-state index is 4.39. The summed E-state index contributed by atoms with van der Waals surface area (Å²) in [6.07, 6.45) is 2.83. The Morgan fingerprint density at radius 3 is 2.75 bits per heavy atom. The summed E-state index contributed by atoms with van der Waals surface area (Å²) in [5.41, 5.74) is 2.10. The van der Waals surface area contributed by atoms with Gasteiger partial charge in [0.25, 0.3) is 0 Å². The van der Waals surface area contributed by atoms with Crippen molar-refractivity contribution in [3.05, 3.63) is 53.9 Å². The maximum Gasteiger partial charge on any atom is 0.135 e. The molecule has 2 rings (SSSR count). The van der Waals surface area contributed by atoms with Crippen molar-refractivity contribution in [2.75, 3.05) is 0 Å². The molecule has 16 heavy (non-hydrogen) atoms. The van der Waals surface area contributed by atoms with Crippen LogP contribution in [0, 0.1) is 11.8 Å². The van der Waals surface area contributed by atoms with Crippen LogP contribution >= 0.6 is 0 Å². The molecule has 1 heterocycles. The molecular weight excluding hydrogens is 196 g/mol. The normalized spacial score (nSPS) is 9.56. The summed E-state index contributed by atoms with van der Waals surface area (Å²) in [5, 5.41) is 4.39. The third-order valence-corrected chi connectivity index (χ3v) is 2.22. The van der Waals surface area contributed by atoms with Crippen LogP contribution in [-0.2, 0) is 6.54 Å². The highest BCUT2D eigenvalue weighted by Gasteiger charge is 1.96. The smallest absolute Gasteiger partial charge is 0.135 e. The fourth-order valence-electron chi connectivity index (χ4n) is 1.47. The Hall–Kier alpha value is -2.01. The van der Waals surface area contributed by atoms with Crippen molar-refractivity contribution in [1.29, 1.82) is 0 Å². The first-order chi connectivity index (χ1) is 7.88. The Morgan fingerprint density at radius 1 is 1.19 bits per heavy atom. The molecule has 0 aliphatic heterocycles. The summed E-state index contributed by atoms with van der Waals surface area (Å²) in [6.45, 7) is 2.84. The van der Waals surface area contributed by atoms with Crippen LogP contribution in [0.3, 0.4) is 0 Å². The van der Waals surface area contributed by atoms with Gasteiger partial charge in [0.2, 0.25) is 0 Å². The van der Waals surface area contributed by atoms with Gasteiger partial charge in [-0.1, -0.05) is 43.2 Å². The van der Waals surface area contributed by atoms with Gasteiger partial charge in [0.05, 0.1) is 6.54 Å². The molecule has 2 nitrogen and oxygen atoms in total. The van der Waals surface area contributed by atoms with Crippen molar-refractivity contribution in [2.45, 2.75) is 19.9 Å². The molecule has 0 aliphatic carbocycles. The first kappa shape index (κ1) is 10.5.